The Hall–Kier alpha value is -2.02. The van der Waals surface area contributed by atoms with Crippen molar-refractivity contribution < 1.29 is 4.74 Å². The van der Waals surface area contributed by atoms with Crippen LogP contribution in [0.5, 0.6) is 5.75 Å². The molecule has 0 radical (unpaired) electrons. The molecular formula is C20H20O. The predicted molar refractivity (Wildman–Crippen MR) is 89.0 cm³/mol. The Morgan fingerprint density at radius 3 is 2.10 bits per heavy atom. The van der Waals surface area contributed by atoms with Crippen molar-refractivity contribution in [1.82, 2.24) is 0 Å². The van der Waals surface area contributed by atoms with Crippen LogP contribution in [0.3, 0.4) is 0 Å². The van der Waals surface area contributed by atoms with E-state index in [1.165, 1.54) is 53.6 Å². The average Bonchev–Trinajstić information content (AvgIpc) is 2.54. The van der Waals surface area contributed by atoms with Gasteiger partial charge in [0.1, 0.15) is 5.75 Å². The highest BCUT2D eigenvalue weighted by molar-refractivity contribution is 5.98. The molecule has 0 amide bonds. The van der Waals surface area contributed by atoms with Crippen LogP contribution in [0.4, 0.5) is 0 Å². The smallest absolute Gasteiger partial charge is 0.120 e. The first kappa shape index (κ1) is 12.7. The van der Waals surface area contributed by atoms with Gasteiger partial charge in [0.15, 0.2) is 0 Å². The molecule has 1 fully saturated rings. The van der Waals surface area contributed by atoms with E-state index < -0.39 is 0 Å². The molecule has 0 atom stereocenters. The predicted octanol–water partition coefficient (Wildman–Crippen LogP) is 5.70. The first-order valence-electron chi connectivity index (χ1n) is 7.98. The highest BCUT2D eigenvalue weighted by atomic mass is 16.5. The zero-order valence-electron chi connectivity index (χ0n) is 12.2. The first-order chi connectivity index (χ1) is 10.4. The number of hydrogen-bond acceptors (Lipinski definition) is 1. The van der Waals surface area contributed by atoms with E-state index in [1.807, 2.05) is 0 Å². The molecule has 1 aliphatic carbocycles. The summed E-state index contributed by atoms with van der Waals surface area (Å²) in [5, 5.41) is 5.14. The van der Waals surface area contributed by atoms with Crippen molar-refractivity contribution in [3.05, 3.63) is 54.6 Å². The van der Waals surface area contributed by atoms with E-state index in [-0.39, 0.29) is 0 Å². The van der Waals surface area contributed by atoms with Crippen LogP contribution in [0.1, 0.15) is 32.1 Å². The van der Waals surface area contributed by atoms with E-state index in [9.17, 15) is 0 Å². The van der Waals surface area contributed by atoms with Gasteiger partial charge in [0.25, 0.3) is 0 Å². The van der Waals surface area contributed by atoms with Crippen molar-refractivity contribution in [2.24, 2.45) is 0 Å². The minimum atomic E-state index is 0.414. The van der Waals surface area contributed by atoms with Crippen molar-refractivity contribution >= 4 is 21.5 Å². The SMILES string of the molecule is c1ccc2cc3cc(OC4CCCCC4)ccc3cc2c1. The molecule has 1 saturated carbocycles. The Labute approximate surface area is 125 Å². The summed E-state index contributed by atoms with van der Waals surface area (Å²) in [5.74, 6) is 1.02. The molecule has 0 spiro atoms. The van der Waals surface area contributed by atoms with Crippen LogP contribution in [-0.2, 0) is 0 Å². The maximum atomic E-state index is 6.18. The second-order valence-electron chi connectivity index (χ2n) is 6.09. The summed E-state index contributed by atoms with van der Waals surface area (Å²) in [4.78, 5) is 0. The Kier molecular flexibility index (Phi) is 3.27. The Bertz CT molecular complexity index is 769. The molecule has 1 aliphatic rings. The molecule has 0 bridgehead atoms. The summed E-state index contributed by atoms with van der Waals surface area (Å²) in [6.45, 7) is 0. The summed E-state index contributed by atoms with van der Waals surface area (Å²) in [6, 6.07) is 19.5. The van der Waals surface area contributed by atoms with Crippen molar-refractivity contribution in [3.63, 3.8) is 0 Å². The monoisotopic (exact) mass is 276 g/mol. The second-order valence-corrected chi connectivity index (χ2v) is 6.09. The van der Waals surface area contributed by atoms with Gasteiger partial charge >= 0.3 is 0 Å². The standard InChI is InChI=1S/C20H20O/c1-2-8-19(9-3-1)21-20-11-10-17-12-15-6-4-5-7-16(15)13-18(17)14-20/h4-7,10-14,19H,1-3,8-9H2. The molecule has 1 nitrogen and oxygen atoms in total. The fraction of sp³-hybridized carbons (Fsp3) is 0.300. The van der Waals surface area contributed by atoms with Crippen molar-refractivity contribution in [3.8, 4) is 5.75 Å². The minimum Gasteiger partial charge on any atom is -0.490 e. The minimum absolute atomic E-state index is 0.414. The van der Waals surface area contributed by atoms with Gasteiger partial charge in [-0.25, -0.2) is 0 Å². The van der Waals surface area contributed by atoms with Crippen molar-refractivity contribution in [2.75, 3.05) is 0 Å². The van der Waals surface area contributed by atoms with Crippen LogP contribution in [0.2, 0.25) is 0 Å². The van der Waals surface area contributed by atoms with Crippen LogP contribution >= 0.6 is 0 Å². The number of ether oxygens (including phenoxy) is 1. The zero-order valence-corrected chi connectivity index (χ0v) is 12.2. The Morgan fingerprint density at radius 2 is 1.33 bits per heavy atom. The van der Waals surface area contributed by atoms with E-state index in [1.54, 1.807) is 0 Å². The van der Waals surface area contributed by atoms with Crippen LogP contribution in [0.25, 0.3) is 21.5 Å². The van der Waals surface area contributed by atoms with Crippen LogP contribution in [0, 0.1) is 0 Å². The fourth-order valence-corrected chi connectivity index (χ4v) is 3.37. The van der Waals surface area contributed by atoms with E-state index >= 15 is 0 Å². The number of benzene rings is 3. The molecule has 3 aromatic carbocycles. The fourth-order valence-electron chi connectivity index (χ4n) is 3.37. The highest BCUT2D eigenvalue weighted by Gasteiger charge is 2.14. The van der Waals surface area contributed by atoms with Crippen molar-refractivity contribution in [2.45, 2.75) is 38.2 Å². The third-order valence-electron chi connectivity index (χ3n) is 4.53. The lowest BCUT2D eigenvalue weighted by Crippen LogP contribution is -2.19. The second kappa shape index (κ2) is 5.40. The molecule has 106 valence electrons. The lowest BCUT2D eigenvalue weighted by atomic mass is 9.97. The third-order valence-corrected chi connectivity index (χ3v) is 4.53. The molecule has 0 heterocycles. The van der Waals surface area contributed by atoms with E-state index in [0.29, 0.717) is 6.10 Å². The van der Waals surface area contributed by atoms with E-state index in [4.69, 9.17) is 4.74 Å². The Balaban J connectivity index is 1.69. The molecule has 4 rings (SSSR count). The Morgan fingerprint density at radius 1 is 0.667 bits per heavy atom. The topological polar surface area (TPSA) is 9.23 Å². The average molecular weight is 276 g/mol. The van der Waals surface area contributed by atoms with Gasteiger partial charge in [0.2, 0.25) is 0 Å². The van der Waals surface area contributed by atoms with Crippen molar-refractivity contribution in [1.29, 1.82) is 0 Å². The zero-order chi connectivity index (χ0) is 14.1. The van der Waals surface area contributed by atoms with Gasteiger partial charge in [-0.05, 0) is 71.5 Å². The lowest BCUT2D eigenvalue weighted by molar-refractivity contribution is 0.155. The van der Waals surface area contributed by atoms with Gasteiger partial charge in [0.05, 0.1) is 6.10 Å². The third kappa shape index (κ3) is 2.61. The first-order valence-corrected chi connectivity index (χ1v) is 7.98. The van der Waals surface area contributed by atoms with Gasteiger partial charge in [-0.15, -0.1) is 0 Å². The van der Waals surface area contributed by atoms with Gasteiger partial charge in [-0.2, -0.15) is 0 Å². The normalized spacial score (nSPS) is 16.4. The lowest BCUT2D eigenvalue weighted by Gasteiger charge is -2.23. The quantitative estimate of drug-likeness (QED) is 0.545. The number of rotatable bonds is 2. The number of fused-ring (bicyclic) bond motifs is 2. The number of hydrogen-bond donors (Lipinski definition) is 0. The summed E-state index contributed by atoms with van der Waals surface area (Å²) in [7, 11) is 0. The molecule has 0 unspecified atom stereocenters. The summed E-state index contributed by atoms with van der Waals surface area (Å²) < 4.78 is 6.18. The molecule has 0 aliphatic heterocycles. The maximum Gasteiger partial charge on any atom is 0.120 e. The molecule has 0 N–H and O–H groups in total. The van der Waals surface area contributed by atoms with Crippen LogP contribution in [0.15, 0.2) is 54.6 Å². The van der Waals surface area contributed by atoms with Gasteiger partial charge in [-0.1, -0.05) is 36.8 Å². The van der Waals surface area contributed by atoms with E-state index in [2.05, 4.69) is 54.6 Å². The van der Waals surface area contributed by atoms with Crippen LogP contribution < -0.4 is 4.74 Å². The summed E-state index contributed by atoms with van der Waals surface area (Å²) in [6.07, 6.45) is 6.80. The van der Waals surface area contributed by atoms with Crippen LogP contribution in [-0.4, -0.2) is 6.10 Å². The van der Waals surface area contributed by atoms with Gasteiger partial charge < -0.3 is 4.74 Å². The maximum absolute atomic E-state index is 6.18. The largest absolute Gasteiger partial charge is 0.490 e. The molecule has 0 aromatic heterocycles. The molecule has 1 heteroatoms. The molecular weight excluding hydrogens is 256 g/mol. The van der Waals surface area contributed by atoms with Gasteiger partial charge in [-0.3, -0.25) is 0 Å². The van der Waals surface area contributed by atoms with E-state index in [0.717, 1.165) is 5.75 Å². The highest BCUT2D eigenvalue weighted by Crippen LogP contribution is 2.28. The summed E-state index contributed by atoms with van der Waals surface area (Å²) in [5.41, 5.74) is 0. The van der Waals surface area contributed by atoms with Gasteiger partial charge in [0, 0.05) is 0 Å². The molecule has 0 saturated heterocycles. The summed E-state index contributed by atoms with van der Waals surface area (Å²) >= 11 is 0. The molecule has 21 heavy (non-hydrogen) atoms. The molecule has 3 aromatic rings.